The number of aliphatic hydroxyl groups is 1. The van der Waals surface area contributed by atoms with E-state index in [2.05, 4.69) is 31.0 Å². The standard InChI is InChI=1S/C17H31ClN4O.HI/c1-6-17(7-2,13-23)12-20-16(19-8-3)22(5)11-15-9-14(18)10-21(15)4;/h9-10,23H,6-8,11-13H2,1-5H3,(H,19,20);1H. The summed E-state index contributed by atoms with van der Waals surface area (Å²) in [6, 6.07) is 1.97. The van der Waals surface area contributed by atoms with Crippen molar-refractivity contribution in [3.05, 3.63) is 23.0 Å². The molecule has 0 amide bonds. The number of hydrogen-bond donors (Lipinski definition) is 2. The molecule has 0 aliphatic rings. The van der Waals surface area contributed by atoms with Gasteiger partial charge in [0, 0.05) is 37.9 Å². The molecule has 0 unspecified atom stereocenters. The van der Waals surface area contributed by atoms with Crippen molar-refractivity contribution >= 4 is 41.5 Å². The van der Waals surface area contributed by atoms with Crippen LogP contribution in [0.2, 0.25) is 5.02 Å². The van der Waals surface area contributed by atoms with E-state index < -0.39 is 0 Å². The number of nitrogens with one attached hydrogen (secondary N) is 1. The Kier molecular flexibility index (Phi) is 11.0. The molecule has 0 spiro atoms. The van der Waals surface area contributed by atoms with E-state index in [0.717, 1.165) is 42.6 Å². The van der Waals surface area contributed by atoms with Crippen LogP contribution in [0.5, 0.6) is 0 Å². The predicted molar refractivity (Wildman–Crippen MR) is 113 cm³/mol. The smallest absolute Gasteiger partial charge is 0.194 e. The highest BCUT2D eigenvalue weighted by atomic mass is 127. The lowest BCUT2D eigenvalue weighted by Gasteiger charge is -2.29. The van der Waals surface area contributed by atoms with Crippen LogP contribution in [0.1, 0.15) is 39.3 Å². The third-order valence-corrected chi connectivity index (χ3v) is 4.78. The van der Waals surface area contributed by atoms with E-state index >= 15 is 0 Å². The quantitative estimate of drug-likeness (QED) is 0.347. The Morgan fingerprint density at radius 2 is 2.00 bits per heavy atom. The van der Waals surface area contributed by atoms with Gasteiger partial charge in [-0.25, -0.2) is 0 Å². The molecule has 0 aliphatic heterocycles. The van der Waals surface area contributed by atoms with Crippen LogP contribution in [0.15, 0.2) is 17.3 Å². The molecule has 0 bridgehead atoms. The molecule has 1 aromatic heterocycles. The van der Waals surface area contributed by atoms with Crippen molar-refractivity contribution in [1.29, 1.82) is 0 Å². The van der Waals surface area contributed by atoms with Gasteiger partial charge in [0.15, 0.2) is 5.96 Å². The van der Waals surface area contributed by atoms with Gasteiger partial charge in [0.25, 0.3) is 0 Å². The molecule has 140 valence electrons. The van der Waals surface area contributed by atoms with Crippen LogP contribution in [0.3, 0.4) is 0 Å². The van der Waals surface area contributed by atoms with Crippen LogP contribution in [0, 0.1) is 5.41 Å². The van der Waals surface area contributed by atoms with Gasteiger partial charge in [-0.15, -0.1) is 24.0 Å². The number of guanidine groups is 1. The fourth-order valence-corrected chi connectivity index (χ4v) is 2.77. The van der Waals surface area contributed by atoms with E-state index in [1.807, 2.05) is 30.9 Å². The highest BCUT2D eigenvalue weighted by Gasteiger charge is 2.25. The fraction of sp³-hybridized carbons (Fsp3) is 0.706. The lowest BCUT2D eigenvalue weighted by atomic mass is 9.83. The van der Waals surface area contributed by atoms with Gasteiger partial charge in [0.1, 0.15) is 0 Å². The fourth-order valence-electron chi connectivity index (χ4n) is 2.50. The first kappa shape index (κ1) is 23.5. The molecule has 1 heterocycles. The molecule has 0 atom stereocenters. The Morgan fingerprint density at radius 3 is 2.42 bits per heavy atom. The number of aliphatic imine (C=N–C) groups is 1. The van der Waals surface area contributed by atoms with Gasteiger partial charge in [-0.2, -0.15) is 0 Å². The van der Waals surface area contributed by atoms with Crippen LogP contribution in [0.4, 0.5) is 0 Å². The topological polar surface area (TPSA) is 52.8 Å². The van der Waals surface area contributed by atoms with Crippen molar-refractivity contribution in [2.24, 2.45) is 17.5 Å². The molecule has 0 saturated carbocycles. The van der Waals surface area contributed by atoms with Crippen molar-refractivity contribution in [2.45, 2.75) is 40.2 Å². The minimum absolute atomic E-state index is 0. The molecule has 2 N–H and O–H groups in total. The van der Waals surface area contributed by atoms with E-state index in [9.17, 15) is 5.11 Å². The third kappa shape index (κ3) is 6.44. The lowest BCUT2D eigenvalue weighted by molar-refractivity contribution is 0.123. The number of halogens is 2. The molecule has 0 saturated heterocycles. The second kappa shape index (κ2) is 11.2. The monoisotopic (exact) mass is 470 g/mol. The second-order valence-corrected chi connectivity index (χ2v) is 6.59. The maximum absolute atomic E-state index is 9.71. The highest BCUT2D eigenvalue weighted by molar-refractivity contribution is 14.0. The number of rotatable bonds is 8. The summed E-state index contributed by atoms with van der Waals surface area (Å²) in [7, 11) is 4.00. The first-order chi connectivity index (χ1) is 10.9. The molecule has 1 rings (SSSR count). The van der Waals surface area contributed by atoms with Crippen molar-refractivity contribution in [3.63, 3.8) is 0 Å². The first-order valence-corrected chi connectivity index (χ1v) is 8.70. The highest BCUT2D eigenvalue weighted by Crippen LogP contribution is 2.26. The lowest BCUT2D eigenvalue weighted by Crippen LogP contribution is -2.40. The second-order valence-electron chi connectivity index (χ2n) is 6.15. The zero-order chi connectivity index (χ0) is 17.5. The summed E-state index contributed by atoms with van der Waals surface area (Å²) in [5.41, 5.74) is 0.998. The van der Waals surface area contributed by atoms with E-state index in [0.29, 0.717) is 6.54 Å². The van der Waals surface area contributed by atoms with E-state index in [1.165, 1.54) is 0 Å². The maximum Gasteiger partial charge on any atom is 0.194 e. The summed E-state index contributed by atoms with van der Waals surface area (Å²) < 4.78 is 2.03. The summed E-state index contributed by atoms with van der Waals surface area (Å²) >= 11 is 6.05. The molecule has 7 heteroatoms. The summed E-state index contributed by atoms with van der Waals surface area (Å²) in [6.45, 7) is 8.59. The van der Waals surface area contributed by atoms with Gasteiger partial charge < -0.3 is 19.9 Å². The average Bonchev–Trinajstić information content (AvgIpc) is 2.85. The first-order valence-electron chi connectivity index (χ1n) is 8.32. The molecular weight excluding hydrogens is 439 g/mol. The van der Waals surface area contributed by atoms with Crippen LogP contribution in [-0.2, 0) is 13.6 Å². The Hall–Kier alpha value is -0.470. The largest absolute Gasteiger partial charge is 0.396 e. The molecule has 0 radical (unpaired) electrons. The van der Waals surface area contributed by atoms with E-state index in [4.69, 9.17) is 16.6 Å². The molecule has 0 fully saturated rings. The molecule has 0 aromatic carbocycles. The SMILES string of the molecule is CCNC(=NCC(CC)(CC)CO)N(C)Cc1cc(Cl)cn1C.I. The Balaban J connectivity index is 0.00000529. The average molecular weight is 471 g/mol. The van der Waals surface area contributed by atoms with Crippen molar-refractivity contribution in [2.75, 3.05) is 26.7 Å². The minimum atomic E-state index is -0.129. The summed E-state index contributed by atoms with van der Waals surface area (Å²) in [5, 5.41) is 13.8. The number of aromatic nitrogens is 1. The summed E-state index contributed by atoms with van der Waals surface area (Å²) in [4.78, 5) is 6.85. The Bertz CT molecular complexity index is 506. The Labute approximate surface area is 168 Å². The molecule has 1 aromatic rings. The van der Waals surface area contributed by atoms with Gasteiger partial charge in [0.05, 0.1) is 24.7 Å². The van der Waals surface area contributed by atoms with Gasteiger partial charge >= 0.3 is 0 Å². The molecule has 24 heavy (non-hydrogen) atoms. The van der Waals surface area contributed by atoms with Gasteiger partial charge in [-0.3, -0.25) is 4.99 Å². The normalized spacial score (nSPS) is 12.0. The molecule has 5 nitrogen and oxygen atoms in total. The van der Waals surface area contributed by atoms with Crippen LogP contribution >= 0.6 is 35.6 Å². The van der Waals surface area contributed by atoms with Gasteiger partial charge in [0.2, 0.25) is 0 Å². The number of nitrogens with zero attached hydrogens (tertiary/aromatic N) is 3. The van der Waals surface area contributed by atoms with E-state index in [-0.39, 0.29) is 36.0 Å². The summed E-state index contributed by atoms with van der Waals surface area (Å²) in [6.07, 6.45) is 3.74. The zero-order valence-electron chi connectivity index (χ0n) is 15.5. The zero-order valence-corrected chi connectivity index (χ0v) is 18.6. The minimum Gasteiger partial charge on any atom is -0.396 e. The third-order valence-electron chi connectivity index (χ3n) is 4.57. The maximum atomic E-state index is 9.71. The van der Waals surface area contributed by atoms with Gasteiger partial charge in [-0.05, 0) is 25.8 Å². The molecule has 0 aliphatic carbocycles. The van der Waals surface area contributed by atoms with Crippen LogP contribution in [0.25, 0.3) is 0 Å². The van der Waals surface area contributed by atoms with Crippen molar-refractivity contribution < 1.29 is 5.11 Å². The predicted octanol–water partition coefficient (Wildman–Crippen LogP) is 3.49. The number of aryl methyl sites for hydroxylation is 1. The van der Waals surface area contributed by atoms with Crippen molar-refractivity contribution in [1.82, 2.24) is 14.8 Å². The van der Waals surface area contributed by atoms with E-state index in [1.54, 1.807) is 0 Å². The summed E-state index contributed by atoms with van der Waals surface area (Å²) in [5.74, 6) is 0.851. The Morgan fingerprint density at radius 1 is 1.38 bits per heavy atom. The molecular formula is C17H32ClIN4O. The number of aliphatic hydroxyl groups excluding tert-OH is 1. The van der Waals surface area contributed by atoms with Crippen molar-refractivity contribution in [3.8, 4) is 0 Å². The van der Waals surface area contributed by atoms with Gasteiger partial charge in [-0.1, -0.05) is 25.4 Å². The number of hydrogen-bond acceptors (Lipinski definition) is 2. The van der Waals surface area contributed by atoms with Crippen LogP contribution < -0.4 is 5.32 Å². The van der Waals surface area contributed by atoms with Crippen LogP contribution in [-0.4, -0.2) is 47.3 Å².